The summed E-state index contributed by atoms with van der Waals surface area (Å²) in [5.41, 5.74) is 1.98. The van der Waals surface area contributed by atoms with Gasteiger partial charge < -0.3 is 20.1 Å². The summed E-state index contributed by atoms with van der Waals surface area (Å²) < 4.78 is 5.16. The molecule has 0 aliphatic heterocycles. The Bertz CT molecular complexity index is 585. The fourth-order valence-electron chi connectivity index (χ4n) is 2.38. The first-order valence-electron chi connectivity index (χ1n) is 7.41. The summed E-state index contributed by atoms with van der Waals surface area (Å²) in [5.74, 6) is 0.895. The van der Waals surface area contributed by atoms with Crippen LogP contribution in [0.15, 0.2) is 48.5 Å². The summed E-state index contributed by atoms with van der Waals surface area (Å²) in [4.78, 5) is 2.13. The number of phenols is 1. The van der Waals surface area contributed by atoms with Gasteiger partial charge in [-0.2, -0.15) is 0 Å². The summed E-state index contributed by atoms with van der Waals surface area (Å²) in [6.45, 7) is 1.76. The average molecular weight is 300 g/mol. The molecule has 0 radical (unpaired) electrons. The fraction of sp³-hybridized carbons (Fsp3) is 0.333. The third-order valence-electron chi connectivity index (χ3n) is 3.59. The maximum absolute atomic E-state index is 10.3. The summed E-state index contributed by atoms with van der Waals surface area (Å²) >= 11 is 0. The highest BCUT2D eigenvalue weighted by Gasteiger charge is 2.17. The van der Waals surface area contributed by atoms with E-state index in [9.17, 15) is 5.11 Å². The highest BCUT2D eigenvalue weighted by atomic mass is 16.5. The zero-order valence-electron chi connectivity index (χ0n) is 13.4. The Morgan fingerprint density at radius 2 is 1.86 bits per heavy atom. The van der Waals surface area contributed by atoms with Crippen molar-refractivity contribution in [2.75, 3.05) is 34.3 Å². The van der Waals surface area contributed by atoms with Crippen LogP contribution in [0.1, 0.15) is 17.2 Å². The molecule has 2 aromatic rings. The van der Waals surface area contributed by atoms with E-state index in [0.717, 1.165) is 24.2 Å². The molecule has 0 fully saturated rings. The largest absolute Gasteiger partial charge is 0.507 e. The number of benzene rings is 2. The van der Waals surface area contributed by atoms with Crippen molar-refractivity contribution in [3.05, 3.63) is 59.7 Å². The molecule has 0 aromatic heterocycles. The average Bonchev–Trinajstić information content (AvgIpc) is 2.52. The van der Waals surface area contributed by atoms with Crippen molar-refractivity contribution in [3.8, 4) is 11.5 Å². The van der Waals surface area contributed by atoms with Gasteiger partial charge in [0.25, 0.3) is 0 Å². The van der Waals surface area contributed by atoms with Gasteiger partial charge in [0.2, 0.25) is 0 Å². The summed E-state index contributed by atoms with van der Waals surface area (Å²) in [6, 6.07) is 15.5. The van der Waals surface area contributed by atoms with E-state index >= 15 is 0 Å². The van der Waals surface area contributed by atoms with Crippen LogP contribution in [0.25, 0.3) is 0 Å². The van der Waals surface area contributed by atoms with Crippen molar-refractivity contribution in [3.63, 3.8) is 0 Å². The summed E-state index contributed by atoms with van der Waals surface area (Å²) in [6.07, 6.45) is 0. The normalized spacial score (nSPS) is 12.4. The van der Waals surface area contributed by atoms with Gasteiger partial charge in [0.15, 0.2) is 0 Å². The fourth-order valence-corrected chi connectivity index (χ4v) is 2.38. The standard InChI is InChI=1S/C18H24N2O2/c1-20(2)12-11-19-18(14-7-5-4-6-8-14)16-10-9-15(22-3)13-17(16)21/h4-10,13,18-19,21H,11-12H2,1-3H3. The zero-order chi connectivity index (χ0) is 15.9. The highest BCUT2D eigenvalue weighted by molar-refractivity contribution is 5.45. The number of nitrogens with one attached hydrogen (secondary N) is 1. The number of ether oxygens (including phenoxy) is 1. The smallest absolute Gasteiger partial charge is 0.124 e. The second kappa shape index (κ2) is 7.82. The SMILES string of the molecule is COc1ccc(C(NCCN(C)C)c2ccccc2)c(O)c1. The van der Waals surface area contributed by atoms with Crippen LogP contribution in [0.5, 0.6) is 11.5 Å². The third-order valence-corrected chi connectivity index (χ3v) is 3.59. The van der Waals surface area contributed by atoms with Crippen LogP contribution < -0.4 is 10.1 Å². The molecule has 118 valence electrons. The van der Waals surface area contributed by atoms with Gasteiger partial charge in [-0.05, 0) is 31.8 Å². The predicted molar refractivity (Wildman–Crippen MR) is 89.5 cm³/mol. The minimum Gasteiger partial charge on any atom is -0.507 e. The molecule has 0 bridgehead atoms. The van der Waals surface area contributed by atoms with E-state index < -0.39 is 0 Å². The molecule has 22 heavy (non-hydrogen) atoms. The maximum atomic E-state index is 10.3. The molecule has 0 amide bonds. The van der Waals surface area contributed by atoms with Crippen LogP contribution in [0.2, 0.25) is 0 Å². The number of likely N-dealkylation sites (N-methyl/N-ethyl adjacent to an activating group) is 1. The van der Waals surface area contributed by atoms with Gasteiger partial charge in [-0.1, -0.05) is 30.3 Å². The number of aromatic hydroxyl groups is 1. The van der Waals surface area contributed by atoms with Crippen LogP contribution in [-0.4, -0.2) is 44.3 Å². The topological polar surface area (TPSA) is 44.7 Å². The van der Waals surface area contributed by atoms with Crippen LogP contribution in [0, 0.1) is 0 Å². The molecule has 2 aromatic carbocycles. The second-order valence-electron chi connectivity index (χ2n) is 5.53. The summed E-state index contributed by atoms with van der Waals surface area (Å²) in [7, 11) is 5.69. The van der Waals surface area contributed by atoms with Crippen LogP contribution in [0.4, 0.5) is 0 Å². The van der Waals surface area contributed by atoms with E-state index in [1.165, 1.54) is 0 Å². The number of rotatable bonds is 7. The van der Waals surface area contributed by atoms with Crippen LogP contribution in [0.3, 0.4) is 0 Å². The monoisotopic (exact) mass is 300 g/mol. The third kappa shape index (κ3) is 4.23. The molecule has 0 aliphatic rings. The molecular weight excluding hydrogens is 276 g/mol. The number of nitrogens with zero attached hydrogens (tertiary/aromatic N) is 1. The lowest BCUT2D eigenvalue weighted by molar-refractivity contribution is 0.387. The van der Waals surface area contributed by atoms with Crippen LogP contribution in [-0.2, 0) is 0 Å². The molecule has 0 heterocycles. The molecule has 1 atom stereocenters. The molecule has 0 saturated carbocycles. The quantitative estimate of drug-likeness (QED) is 0.825. The van der Waals surface area contributed by atoms with E-state index in [2.05, 4.69) is 22.3 Å². The van der Waals surface area contributed by atoms with Gasteiger partial charge in [0.05, 0.1) is 13.2 Å². The van der Waals surface area contributed by atoms with E-state index in [1.807, 2.05) is 44.4 Å². The van der Waals surface area contributed by atoms with Gasteiger partial charge in [0, 0.05) is 24.7 Å². The van der Waals surface area contributed by atoms with Crippen molar-refractivity contribution in [2.24, 2.45) is 0 Å². The molecule has 0 spiro atoms. The predicted octanol–water partition coefficient (Wildman–Crippen LogP) is 2.64. The van der Waals surface area contributed by atoms with Crippen molar-refractivity contribution < 1.29 is 9.84 Å². The Morgan fingerprint density at radius 1 is 1.14 bits per heavy atom. The van der Waals surface area contributed by atoms with Gasteiger partial charge in [-0.25, -0.2) is 0 Å². The minimum absolute atomic E-state index is 0.0490. The van der Waals surface area contributed by atoms with Gasteiger partial charge >= 0.3 is 0 Å². The molecular formula is C18H24N2O2. The van der Waals surface area contributed by atoms with E-state index in [1.54, 1.807) is 13.2 Å². The number of phenolic OH excluding ortho intramolecular Hbond substituents is 1. The van der Waals surface area contributed by atoms with Crippen molar-refractivity contribution in [1.29, 1.82) is 0 Å². The van der Waals surface area contributed by atoms with Gasteiger partial charge in [0.1, 0.15) is 11.5 Å². The Hall–Kier alpha value is -2.04. The number of methoxy groups -OCH3 is 1. The molecule has 4 heteroatoms. The van der Waals surface area contributed by atoms with Crippen molar-refractivity contribution in [2.45, 2.75) is 6.04 Å². The Balaban J connectivity index is 2.27. The first kappa shape index (κ1) is 16.3. The lowest BCUT2D eigenvalue weighted by Gasteiger charge is -2.22. The Morgan fingerprint density at radius 3 is 2.45 bits per heavy atom. The summed E-state index contributed by atoms with van der Waals surface area (Å²) in [5, 5.41) is 13.9. The zero-order valence-corrected chi connectivity index (χ0v) is 13.4. The minimum atomic E-state index is -0.0490. The van der Waals surface area contributed by atoms with E-state index in [0.29, 0.717) is 5.75 Å². The van der Waals surface area contributed by atoms with Crippen LogP contribution >= 0.6 is 0 Å². The Labute approximate surface area is 132 Å². The van der Waals surface area contributed by atoms with E-state index in [4.69, 9.17) is 4.74 Å². The van der Waals surface area contributed by atoms with Crippen molar-refractivity contribution in [1.82, 2.24) is 10.2 Å². The lowest BCUT2D eigenvalue weighted by atomic mass is 9.97. The Kier molecular flexibility index (Phi) is 5.81. The number of hydrogen-bond donors (Lipinski definition) is 2. The molecule has 1 unspecified atom stereocenters. The molecule has 0 aliphatic carbocycles. The van der Waals surface area contributed by atoms with Crippen molar-refractivity contribution >= 4 is 0 Å². The maximum Gasteiger partial charge on any atom is 0.124 e. The van der Waals surface area contributed by atoms with Gasteiger partial charge in [-0.15, -0.1) is 0 Å². The molecule has 2 N–H and O–H groups in total. The first-order chi connectivity index (χ1) is 10.6. The lowest BCUT2D eigenvalue weighted by Crippen LogP contribution is -2.30. The molecule has 4 nitrogen and oxygen atoms in total. The second-order valence-corrected chi connectivity index (χ2v) is 5.53. The highest BCUT2D eigenvalue weighted by Crippen LogP contribution is 2.32. The molecule has 0 saturated heterocycles. The number of hydrogen-bond acceptors (Lipinski definition) is 4. The first-order valence-corrected chi connectivity index (χ1v) is 7.41. The van der Waals surface area contributed by atoms with E-state index in [-0.39, 0.29) is 11.8 Å². The molecule has 2 rings (SSSR count). The van der Waals surface area contributed by atoms with Gasteiger partial charge in [-0.3, -0.25) is 0 Å².